The molecule has 29 heavy (non-hydrogen) atoms. The molecule has 2 unspecified atom stereocenters. The molecule has 0 radical (unpaired) electrons. The minimum atomic E-state index is -3.80. The first-order valence-corrected chi connectivity index (χ1v) is 11.0. The zero-order valence-corrected chi connectivity index (χ0v) is 17.6. The van der Waals surface area contributed by atoms with Crippen LogP contribution in [0.25, 0.3) is 0 Å². The van der Waals surface area contributed by atoms with Gasteiger partial charge in [0.1, 0.15) is 29.8 Å². The van der Waals surface area contributed by atoms with Crippen molar-refractivity contribution in [1.29, 1.82) is 0 Å². The van der Waals surface area contributed by atoms with Crippen molar-refractivity contribution < 1.29 is 43.5 Å². The number of benzene rings is 1. The second-order valence-corrected chi connectivity index (χ2v) is 8.58. The molecule has 10 nitrogen and oxygen atoms in total. The maximum Gasteiger partial charge on any atom is 0.351 e. The Balaban J connectivity index is 2.39. The number of hydrogen-bond acceptors (Lipinski definition) is 10. The molecule has 166 valence electrons. The molecule has 5 N–H and O–H groups in total. The van der Waals surface area contributed by atoms with E-state index in [1.54, 1.807) is 38.1 Å². The van der Waals surface area contributed by atoms with Crippen LogP contribution in [0.4, 0.5) is 0 Å². The lowest BCUT2D eigenvalue weighted by molar-refractivity contribution is -0.255. The first-order valence-electron chi connectivity index (χ1n) is 9.40. The summed E-state index contributed by atoms with van der Waals surface area (Å²) in [5.74, 6) is -0.499. The Bertz CT molecular complexity index is 664. The molecule has 0 spiro atoms. The van der Waals surface area contributed by atoms with Crippen molar-refractivity contribution >= 4 is 7.60 Å². The zero-order valence-electron chi connectivity index (χ0n) is 16.7. The molecular weight excluding hydrogens is 405 g/mol. The van der Waals surface area contributed by atoms with Crippen LogP contribution in [0.2, 0.25) is 0 Å². The lowest BCUT2D eigenvalue weighted by Gasteiger charge is -2.42. The SMILES string of the molecule is CCOP(=O)(OCC)C(N[C@H]1C(O)O[C@H](CO)[C@@H](O)[C@@H]1O)c1ccc(OC)cc1. The predicted molar refractivity (Wildman–Crippen MR) is 103 cm³/mol. The highest BCUT2D eigenvalue weighted by Crippen LogP contribution is 2.60. The van der Waals surface area contributed by atoms with E-state index >= 15 is 0 Å². The summed E-state index contributed by atoms with van der Waals surface area (Å²) in [7, 11) is -2.28. The summed E-state index contributed by atoms with van der Waals surface area (Å²) < 4.78 is 34.7. The van der Waals surface area contributed by atoms with Crippen LogP contribution in [0, 0.1) is 0 Å². The second-order valence-electron chi connectivity index (χ2n) is 6.47. The Morgan fingerprint density at radius 3 is 2.17 bits per heavy atom. The van der Waals surface area contributed by atoms with Gasteiger partial charge in [0.15, 0.2) is 6.29 Å². The Morgan fingerprint density at radius 1 is 1.10 bits per heavy atom. The van der Waals surface area contributed by atoms with Gasteiger partial charge in [0.05, 0.1) is 33.0 Å². The average molecular weight is 435 g/mol. The van der Waals surface area contributed by atoms with Gasteiger partial charge in [-0.2, -0.15) is 0 Å². The van der Waals surface area contributed by atoms with E-state index in [9.17, 15) is 25.0 Å². The van der Waals surface area contributed by atoms with E-state index in [2.05, 4.69) is 5.32 Å². The minimum absolute atomic E-state index is 0.104. The molecule has 0 saturated carbocycles. The highest BCUT2D eigenvalue weighted by Gasteiger charge is 2.47. The third-order valence-electron chi connectivity index (χ3n) is 4.62. The van der Waals surface area contributed by atoms with E-state index in [4.69, 9.17) is 18.5 Å². The average Bonchev–Trinajstić information content (AvgIpc) is 2.71. The summed E-state index contributed by atoms with van der Waals surface area (Å²) in [6.07, 6.45) is -5.70. The Hall–Kier alpha value is -1.07. The number of hydrogen-bond donors (Lipinski definition) is 5. The molecular formula is C18H30NO9P. The van der Waals surface area contributed by atoms with Gasteiger partial charge in [-0.25, -0.2) is 0 Å². The van der Waals surface area contributed by atoms with Crippen LogP contribution in [0.1, 0.15) is 25.2 Å². The summed E-state index contributed by atoms with van der Waals surface area (Å²) in [6, 6.07) is 5.39. The van der Waals surface area contributed by atoms with Crippen molar-refractivity contribution in [2.75, 3.05) is 26.9 Å². The number of nitrogens with one attached hydrogen (secondary N) is 1. The molecule has 2 rings (SSSR count). The fourth-order valence-electron chi connectivity index (χ4n) is 3.16. The van der Waals surface area contributed by atoms with Gasteiger partial charge in [-0.15, -0.1) is 0 Å². The van der Waals surface area contributed by atoms with E-state index in [1.165, 1.54) is 7.11 Å². The Labute approximate surface area is 169 Å². The zero-order chi connectivity index (χ0) is 21.6. The van der Waals surface area contributed by atoms with Gasteiger partial charge in [-0.3, -0.25) is 9.88 Å². The fraction of sp³-hybridized carbons (Fsp3) is 0.667. The van der Waals surface area contributed by atoms with Crippen LogP contribution in [0.5, 0.6) is 5.75 Å². The first-order chi connectivity index (χ1) is 13.8. The Morgan fingerprint density at radius 2 is 1.69 bits per heavy atom. The smallest absolute Gasteiger partial charge is 0.351 e. The normalized spacial score (nSPS) is 28.9. The van der Waals surface area contributed by atoms with Crippen LogP contribution >= 0.6 is 7.60 Å². The van der Waals surface area contributed by atoms with Crippen molar-refractivity contribution in [2.24, 2.45) is 0 Å². The first kappa shape index (κ1) is 24.2. The van der Waals surface area contributed by atoms with Crippen LogP contribution < -0.4 is 10.1 Å². The van der Waals surface area contributed by atoms with Crippen LogP contribution in [-0.2, 0) is 18.3 Å². The molecule has 0 amide bonds. The predicted octanol–water partition coefficient (Wildman–Crippen LogP) is 0.349. The van der Waals surface area contributed by atoms with Crippen molar-refractivity contribution in [1.82, 2.24) is 5.32 Å². The number of aliphatic hydroxyl groups excluding tert-OH is 4. The quantitative estimate of drug-likeness (QED) is 0.326. The molecule has 0 bridgehead atoms. The standard InChI is InChI=1S/C18H30NO9P/c1-4-26-29(24,27-5-2)17(11-6-8-12(25-3)9-7-11)19-14-16(22)15(21)13(10-20)28-18(14)23/h6-9,13-23H,4-5,10H2,1-3H3/t13-,14-,15-,16-,17?,18?/m1/s1. The third kappa shape index (κ3) is 5.55. The minimum Gasteiger partial charge on any atom is -0.497 e. The molecule has 1 fully saturated rings. The van der Waals surface area contributed by atoms with Gasteiger partial charge >= 0.3 is 7.60 Å². The van der Waals surface area contributed by atoms with Gasteiger partial charge in [-0.05, 0) is 31.5 Å². The number of methoxy groups -OCH3 is 1. The number of rotatable bonds is 10. The summed E-state index contributed by atoms with van der Waals surface area (Å²) >= 11 is 0. The number of ether oxygens (including phenoxy) is 2. The lowest BCUT2D eigenvalue weighted by Crippen LogP contribution is -2.63. The molecule has 1 saturated heterocycles. The van der Waals surface area contributed by atoms with Crippen molar-refractivity contribution in [3.05, 3.63) is 29.8 Å². The van der Waals surface area contributed by atoms with Gasteiger partial charge in [0.25, 0.3) is 0 Å². The molecule has 0 aliphatic carbocycles. The summed E-state index contributed by atoms with van der Waals surface area (Å²) in [4.78, 5) is 0. The third-order valence-corrected chi connectivity index (χ3v) is 6.93. The van der Waals surface area contributed by atoms with E-state index in [0.717, 1.165) is 0 Å². The van der Waals surface area contributed by atoms with Crippen LogP contribution in [-0.4, -0.2) is 78.0 Å². The maximum atomic E-state index is 13.5. The summed E-state index contributed by atoms with van der Waals surface area (Å²) in [5, 5.41) is 43.0. The van der Waals surface area contributed by atoms with Crippen molar-refractivity contribution in [3.8, 4) is 5.75 Å². The Kier molecular flexibility index (Phi) is 9.02. The molecule has 6 atom stereocenters. The van der Waals surface area contributed by atoms with Crippen molar-refractivity contribution in [3.63, 3.8) is 0 Å². The van der Waals surface area contributed by atoms with E-state index < -0.39 is 50.6 Å². The van der Waals surface area contributed by atoms with E-state index in [0.29, 0.717) is 11.3 Å². The molecule has 1 heterocycles. The molecule has 1 aliphatic rings. The lowest BCUT2D eigenvalue weighted by atomic mass is 9.97. The van der Waals surface area contributed by atoms with Gasteiger partial charge in [0.2, 0.25) is 0 Å². The molecule has 0 aromatic heterocycles. The van der Waals surface area contributed by atoms with Crippen LogP contribution in [0.3, 0.4) is 0 Å². The largest absolute Gasteiger partial charge is 0.497 e. The van der Waals surface area contributed by atoms with Gasteiger partial charge in [-0.1, -0.05) is 12.1 Å². The molecule has 1 aromatic carbocycles. The van der Waals surface area contributed by atoms with E-state index in [-0.39, 0.29) is 13.2 Å². The molecule has 1 aliphatic heterocycles. The highest BCUT2D eigenvalue weighted by atomic mass is 31.2. The summed E-state index contributed by atoms with van der Waals surface area (Å²) in [5.41, 5.74) is 0.495. The maximum absolute atomic E-state index is 13.5. The fourth-order valence-corrected chi connectivity index (χ4v) is 5.15. The van der Waals surface area contributed by atoms with Gasteiger partial charge in [0, 0.05) is 0 Å². The van der Waals surface area contributed by atoms with Crippen LogP contribution in [0.15, 0.2) is 24.3 Å². The number of aliphatic hydroxyl groups is 4. The van der Waals surface area contributed by atoms with Crippen molar-refractivity contribution in [2.45, 2.75) is 50.3 Å². The topological polar surface area (TPSA) is 147 Å². The van der Waals surface area contributed by atoms with Gasteiger partial charge < -0.3 is 38.9 Å². The van der Waals surface area contributed by atoms with E-state index in [1.807, 2.05) is 0 Å². The second kappa shape index (κ2) is 10.8. The molecule has 11 heteroatoms. The highest BCUT2D eigenvalue weighted by molar-refractivity contribution is 7.54. The monoisotopic (exact) mass is 435 g/mol. The molecule has 1 aromatic rings. The summed E-state index contributed by atoms with van der Waals surface area (Å²) in [6.45, 7) is 2.96.